The average molecular weight is 393 g/mol. The number of carbonyl (C=O) groups is 1. The maximum Gasteiger partial charge on any atom is 0.349 e. The molecule has 0 saturated heterocycles. The van der Waals surface area contributed by atoms with Gasteiger partial charge in [-0.2, -0.15) is 0 Å². The van der Waals surface area contributed by atoms with Crippen molar-refractivity contribution in [3.63, 3.8) is 0 Å². The van der Waals surface area contributed by atoms with Crippen LogP contribution in [0.5, 0.6) is 17.2 Å². The van der Waals surface area contributed by atoms with E-state index in [-0.39, 0.29) is 12.3 Å². The SMILES string of the molecule is Cc1cc(OCC(=O)Oc2ccc(OCc3ccccc3)cc2)ccc1[N+](=O)[O-]. The smallest absolute Gasteiger partial charge is 0.349 e. The Labute approximate surface area is 167 Å². The van der Waals surface area contributed by atoms with Gasteiger partial charge in [0.1, 0.15) is 23.9 Å². The first kappa shape index (κ1) is 19.9. The van der Waals surface area contributed by atoms with Crippen LogP contribution in [0, 0.1) is 17.0 Å². The molecule has 3 aromatic rings. The summed E-state index contributed by atoms with van der Waals surface area (Å²) in [5, 5.41) is 10.8. The van der Waals surface area contributed by atoms with Gasteiger partial charge in [-0.25, -0.2) is 4.79 Å². The van der Waals surface area contributed by atoms with Gasteiger partial charge in [-0.3, -0.25) is 10.1 Å². The molecule has 0 radical (unpaired) electrons. The van der Waals surface area contributed by atoms with Gasteiger partial charge in [0.25, 0.3) is 5.69 Å². The van der Waals surface area contributed by atoms with Crippen LogP contribution in [0.4, 0.5) is 5.69 Å². The Kier molecular flexibility index (Phi) is 6.42. The molecule has 29 heavy (non-hydrogen) atoms. The molecule has 0 aromatic heterocycles. The summed E-state index contributed by atoms with van der Waals surface area (Å²) < 4.78 is 16.2. The fraction of sp³-hybridized carbons (Fsp3) is 0.136. The minimum absolute atomic E-state index is 0.00509. The van der Waals surface area contributed by atoms with Gasteiger partial charge in [0.15, 0.2) is 6.61 Å². The summed E-state index contributed by atoms with van der Waals surface area (Å²) in [6, 6.07) is 20.8. The number of benzene rings is 3. The minimum atomic E-state index is -0.584. The molecule has 0 bridgehead atoms. The number of esters is 1. The lowest BCUT2D eigenvalue weighted by molar-refractivity contribution is -0.385. The van der Waals surface area contributed by atoms with E-state index < -0.39 is 10.9 Å². The second-order valence-corrected chi connectivity index (χ2v) is 6.21. The molecule has 148 valence electrons. The molecule has 3 aromatic carbocycles. The van der Waals surface area contributed by atoms with E-state index in [1.54, 1.807) is 31.2 Å². The second-order valence-electron chi connectivity index (χ2n) is 6.21. The van der Waals surface area contributed by atoms with Crippen LogP contribution in [0.1, 0.15) is 11.1 Å². The summed E-state index contributed by atoms with van der Waals surface area (Å²) in [7, 11) is 0. The number of carbonyl (C=O) groups excluding carboxylic acids is 1. The minimum Gasteiger partial charge on any atom is -0.489 e. The number of nitrogens with zero attached hydrogens (tertiary/aromatic N) is 1. The van der Waals surface area contributed by atoms with Gasteiger partial charge in [-0.1, -0.05) is 30.3 Å². The number of ether oxygens (including phenoxy) is 3. The molecule has 7 heteroatoms. The van der Waals surface area contributed by atoms with Gasteiger partial charge >= 0.3 is 5.97 Å². The molecule has 0 aliphatic carbocycles. The monoisotopic (exact) mass is 393 g/mol. The summed E-state index contributed by atoms with van der Waals surface area (Å²) in [6.07, 6.45) is 0. The van der Waals surface area contributed by atoms with Crippen molar-refractivity contribution in [2.75, 3.05) is 6.61 Å². The second kappa shape index (κ2) is 9.36. The predicted molar refractivity (Wildman–Crippen MR) is 106 cm³/mol. The van der Waals surface area contributed by atoms with Crippen molar-refractivity contribution >= 4 is 11.7 Å². The predicted octanol–water partition coefficient (Wildman–Crippen LogP) is 4.47. The highest BCUT2D eigenvalue weighted by Crippen LogP contribution is 2.23. The number of aryl methyl sites for hydroxylation is 1. The van der Waals surface area contributed by atoms with Crippen molar-refractivity contribution in [1.29, 1.82) is 0 Å². The zero-order chi connectivity index (χ0) is 20.6. The van der Waals surface area contributed by atoms with Gasteiger partial charge in [-0.15, -0.1) is 0 Å². The largest absolute Gasteiger partial charge is 0.489 e. The van der Waals surface area contributed by atoms with E-state index in [4.69, 9.17) is 14.2 Å². The van der Waals surface area contributed by atoms with Crippen molar-refractivity contribution in [2.24, 2.45) is 0 Å². The van der Waals surface area contributed by atoms with Crippen LogP contribution in [0.3, 0.4) is 0 Å². The Morgan fingerprint density at radius 2 is 1.55 bits per heavy atom. The molecule has 0 atom stereocenters. The lowest BCUT2D eigenvalue weighted by atomic mass is 10.2. The Morgan fingerprint density at radius 3 is 2.21 bits per heavy atom. The Bertz CT molecular complexity index is 986. The van der Waals surface area contributed by atoms with E-state index in [1.807, 2.05) is 30.3 Å². The van der Waals surface area contributed by atoms with E-state index in [1.165, 1.54) is 18.2 Å². The molecule has 0 N–H and O–H groups in total. The normalized spacial score (nSPS) is 10.2. The molecular weight excluding hydrogens is 374 g/mol. The van der Waals surface area contributed by atoms with Crippen LogP contribution >= 0.6 is 0 Å². The first-order chi connectivity index (χ1) is 14.0. The van der Waals surface area contributed by atoms with Crippen molar-refractivity contribution in [1.82, 2.24) is 0 Å². The lowest BCUT2D eigenvalue weighted by Crippen LogP contribution is -2.17. The molecule has 0 saturated carbocycles. The quantitative estimate of drug-likeness (QED) is 0.243. The third-order valence-electron chi connectivity index (χ3n) is 4.03. The summed E-state index contributed by atoms with van der Waals surface area (Å²) in [5.41, 5.74) is 1.50. The number of nitro benzene ring substituents is 1. The first-order valence-electron chi connectivity index (χ1n) is 8.86. The van der Waals surface area contributed by atoms with Crippen LogP contribution in [0.2, 0.25) is 0 Å². The van der Waals surface area contributed by atoms with Gasteiger partial charge in [0.05, 0.1) is 4.92 Å². The van der Waals surface area contributed by atoms with Crippen molar-refractivity contribution in [3.8, 4) is 17.2 Å². The summed E-state index contributed by atoms with van der Waals surface area (Å²) in [4.78, 5) is 22.3. The zero-order valence-corrected chi connectivity index (χ0v) is 15.7. The molecule has 0 amide bonds. The zero-order valence-electron chi connectivity index (χ0n) is 15.7. The van der Waals surface area contributed by atoms with Crippen molar-refractivity contribution in [2.45, 2.75) is 13.5 Å². The highest BCUT2D eigenvalue weighted by molar-refractivity contribution is 5.74. The van der Waals surface area contributed by atoms with E-state index in [0.717, 1.165) is 5.56 Å². The summed E-state index contributed by atoms with van der Waals surface area (Å²) in [5.74, 6) is 0.797. The van der Waals surface area contributed by atoms with E-state index >= 15 is 0 Å². The van der Waals surface area contributed by atoms with Crippen LogP contribution in [-0.2, 0) is 11.4 Å². The van der Waals surface area contributed by atoms with Gasteiger partial charge in [0.2, 0.25) is 0 Å². The molecule has 0 spiro atoms. The molecule has 0 fully saturated rings. The molecule has 0 aliphatic rings. The van der Waals surface area contributed by atoms with Gasteiger partial charge in [-0.05, 0) is 48.9 Å². The van der Waals surface area contributed by atoms with E-state index in [9.17, 15) is 14.9 Å². The maximum atomic E-state index is 12.0. The lowest BCUT2D eigenvalue weighted by Gasteiger charge is -2.09. The summed E-state index contributed by atoms with van der Waals surface area (Å²) in [6.45, 7) is 1.73. The molecule has 0 unspecified atom stereocenters. The number of rotatable bonds is 8. The standard InChI is InChI=1S/C22H19NO6/c1-16-13-20(11-12-21(16)23(25)26)28-15-22(24)29-19-9-7-18(8-10-19)27-14-17-5-3-2-4-6-17/h2-13H,14-15H2,1H3. The fourth-order valence-electron chi connectivity index (χ4n) is 2.57. The highest BCUT2D eigenvalue weighted by atomic mass is 16.6. The van der Waals surface area contributed by atoms with E-state index in [0.29, 0.717) is 29.4 Å². The first-order valence-corrected chi connectivity index (χ1v) is 8.86. The van der Waals surface area contributed by atoms with Gasteiger partial charge < -0.3 is 14.2 Å². The topological polar surface area (TPSA) is 87.9 Å². The van der Waals surface area contributed by atoms with Crippen LogP contribution < -0.4 is 14.2 Å². The van der Waals surface area contributed by atoms with Gasteiger partial charge in [0, 0.05) is 11.6 Å². The molecule has 0 aliphatic heterocycles. The summed E-state index contributed by atoms with van der Waals surface area (Å²) >= 11 is 0. The number of hydrogen-bond donors (Lipinski definition) is 0. The highest BCUT2D eigenvalue weighted by Gasteiger charge is 2.12. The van der Waals surface area contributed by atoms with Crippen molar-refractivity contribution in [3.05, 3.63) is 94.0 Å². The average Bonchev–Trinajstić information content (AvgIpc) is 2.72. The molecular formula is C22H19NO6. The third-order valence-corrected chi connectivity index (χ3v) is 4.03. The Hall–Kier alpha value is -3.87. The number of nitro groups is 1. The molecule has 3 rings (SSSR count). The Balaban J connectivity index is 1.48. The Morgan fingerprint density at radius 1 is 0.897 bits per heavy atom. The molecule has 0 heterocycles. The third kappa shape index (κ3) is 5.80. The van der Waals surface area contributed by atoms with Crippen LogP contribution in [0.15, 0.2) is 72.8 Å². The van der Waals surface area contributed by atoms with E-state index in [2.05, 4.69) is 0 Å². The maximum absolute atomic E-state index is 12.0. The van der Waals surface area contributed by atoms with Crippen LogP contribution in [-0.4, -0.2) is 17.5 Å². The number of hydrogen-bond acceptors (Lipinski definition) is 6. The fourth-order valence-corrected chi connectivity index (χ4v) is 2.57. The van der Waals surface area contributed by atoms with Crippen LogP contribution in [0.25, 0.3) is 0 Å². The van der Waals surface area contributed by atoms with Crippen molar-refractivity contribution < 1.29 is 23.9 Å². The molecule has 7 nitrogen and oxygen atoms in total.